The highest BCUT2D eigenvalue weighted by atomic mass is 15.3. The molecule has 4 rings (SSSR count). The smallest absolute Gasteiger partial charge is 0.0459 e. The zero-order valence-corrected chi connectivity index (χ0v) is 15.2. The Morgan fingerprint density at radius 3 is 1.96 bits per heavy atom. The molecule has 4 atom stereocenters. The molecule has 0 spiro atoms. The molecule has 132 valence electrons. The van der Waals surface area contributed by atoms with Crippen molar-refractivity contribution >= 4 is 0 Å². The largest absolute Gasteiger partial charge is 0.323 e. The Morgan fingerprint density at radius 1 is 0.808 bits per heavy atom. The highest BCUT2D eigenvalue weighted by molar-refractivity contribution is 5.32. The van der Waals surface area contributed by atoms with Gasteiger partial charge in [-0.05, 0) is 23.6 Å². The van der Waals surface area contributed by atoms with E-state index in [1.165, 1.54) is 16.7 Å². The van der Waals surface area contributed by atoms with Crippen LogP contribution in [-0.4, -0.2) is 17.0 Å². The van der Waals surface area contributed by atoms with Crippen molar-refractivity contribution in [2.45, 2.75) is 37.5 Å². The molecule has 1 fully saturated rings. The van der Waals surface area contributed by atoms with Crippen molar-refractivity contribution < 1.29 is 0 Å². The van der Waals surface area contributed by atoms with Gasteiger partial charge in [0.25, 0.3) is 0 Å². The Morgan fingerprint density at radius 2 is 1.35 bits per heavy atom. The van der Waals surface area contributed by atoms with Gasteiger partial charge in [0, 0.05) is 30.6 Å². The van der Waals surface area contributed by atoms with Gasteiger partial charge in [0.05, 0.1) is 0 Å². The summed E-state index contributed by atoms with van der Waals surface area (Å²) in [5.41, 5.74) is 10.7. The molecule has 0 unspecified atom stereocenters. The van der Waals surface area contributed by atoms with Crippen LogP contribution in [0.25, 0.3) is 0 Å². The monoisotopic (exact) mass is 342 g/mol. The summed E-state index contributed by atoms with van der Waals surface area (Å²) >= 11 is 0. The summed E-state index contributed by atoms with van der Waals surface area (Å²) in [5.74, 6) is 0.454. The van der Waals surface area contributed by atoms with Crippen LogP contribution in [0, 0.1) is 0 Å². The van der Waals surface area contributed by atoms with E-state index in [2.05, 4.69) is 103 Å². The van der Waals surface area contributed by atoms with Gasteiger partial charge in [0.15, 0.2) is 0 Å². The van der Waals surface area contributed by atoms with Gasteiger partial charge < -0.3 is 5.73 Å². The minimum atomic E-state index is 0.00122. The molecule has 1 saturated heterocycles. The molecule has 26 heavy (non-hydrogen) atoms. The van der Waals surface area contributed by atoms with E-state index < -0.39 is 0 Å². The average molecular weight is 342 g/mol. The van der Waals surface area contributed by atoms with Crippen LogP contribution in [0.5, 0.6) is 0 Å². The third-order valence-electron chi connectivity index (χ3n) is 5.74. The van der Waals surface area contributed by atoms with Crippen molar-refractivity contribution in [1.82, 2.24) is 4.90 Å². The lowest BCUT2D eigenvalue weighted by Gasteiger charge is -2.56. The third-order valence-corrected chi connectivity index (χ3v) is 5.74. The molecule has 0 radical (unpaired) electrons. The molecule has 2 N–H and O–H groups in total. The van der Waals surface area contributed by atoms with Gasteiger partial charge in [-0.25, -0.2) is 0 Å². The van der Waals surface area contributed by atoms with Crippen molar-refractivity contribution in [2.75, 3.05) is 0 Å². The van der Waals surface area contributed by atoms with Crippen molar-refractivity contribution in [3.63, 3.8) is 0 Å². The summed E-state index contributed by atoms with van der Waals surface area (Å²) in [7, 11) is 0. The molecule has 0 bridgehead atoms. The molecule has 0 saturated carbocycles. The summed E-state index contributed by atoms with van der Waals surface area (Å²) in [6.45, 7) is 3.27. The molecule has 0 amide bonds. The summed E-state index contributed by atoms with van der Waals surface area (Å²) in [6.07, 6.45) is 0. The highest BCUT2D eigenvalue weighted by Gasteiger charge is 2.49. The van der Waals surface area contributed by atoms with E-state index in [1.807, 2.05) is 0 Å². The second kappa shape index (κ2) is 7.45. The fraction of sp³-hybridized carbons (Fsp3) is 0.250. The molecule has 3 aromatic carbocycles. The van der Waals surface area contributed by atoms with E-state index in [-0.39, 0.29) is 6.04 Å². The van der Waals surface area contributed by atoms with E-state index in [4.69, 9.17) is 5.73 Å². The minimum Gasteiger partial charge on any atom is -0.323 e. The van der Waals surface area contributed by atoms with Crippen molar-refractivity contribution in [3.05, 3.63) is 108 Å². The molecule has 3 aromatic rings. The minimum absolute atomic E-state index is 0.00122. The van der Waals surface area contributed by atoms with Gasteiger partial charge in [-0.3, -0.25) is 4.90 Å². The molecule has 0 aliphatic carbocycles. The predicted octanol–water partition coefficient (Wildman–Crippen LogP) is 4.74. The van der Waals surface area contributed by atoms with Crippen LogP contribution in [0.15, 0.2) is 91.0 Å². The number of hydrogen-bond donors (Lipinski definition) is 1. The van der Waals surface area contributed by atoms with Gasteiger partial charge in [-0.1, -0.05) is 91.0 Å². The summed E-state index contributed by atoms with van der Waals surface area (Å²) in [5, 5.41) is 0. The number of rotatable bonds is 5. The van der Waals surface area contributed by atoms with Gasteiger partial charge >= 0.3 is 0 Å². The Balaban J connectivity index is 1.65. The number of benzene rings is 3. The molecule has 2 nitrogen and oxygen atoms in total. The maximum atomic E-state index is 6.79. The predicted molar refractivity (Wildman–Crippen MR) is 108 cm³/mol. The normalized spacial score (nSPS) is 24.0. The van der Waals surface area contributed by atoms with Crippen LogP contribution in [0.2, 0.25) is 0 Å². The van der Waals surface area contributed by atoms with Crippen molar-refractivity contribution in [2.24, 2.45) is 5.73 Å². The zero-order chi connectivity index (χ0) is 17.9. The Hall–Kier alpha value is -2.42. The first-order valence-corrected chi connectivity index (χ1v) is 9.41. The van der Waals surface area contributed by atoms with Crippen molar-refractivity contribution in [1.29, 1.82) is 0 Å². The highest BCUT2D eigenvalue weighted by Crippen LogP contribution is 2.46. The van der Waals surface area contributed by atoms with Gasteiger partial charge in [0.2, 0.25) is 0 Å². The number of nitrogens with two attached hydrogens (primary N) is 1. The van der Waals surface area contributed by atoms with Gasteiger partial charge in [-0.15, -0.1) is 0 Å². The van der Waals surface area contributed by atoms with E-state index in [1.54, 1.807) is 0 Å². The number of likely N-dealkylation sites (tertiary alicyclic amines) is 1. The summed E-state index contributed by atoms with van der Waals surface area (Å²) in [6, 6.07) is 32.8. The first-order valence-electron chi connectivity index (χ1n) is 9.41. The molecule has 2 heteroatoms. The van der Waals surface area contributed by atoms with Gasteiger partial charge in [0.1, 0.15) is 0 Å². The molecular weight excluding hydrogens is 316 g/mol. The summed E-state index contributed by atoms with van der Waals surface area (Å²) in [4.78, 5) is 2.56. The fourth-order valence-corrected chi connectivity index (χ4v) is 4.36. The molecule has 1 aliphatic rings. The van der Waals surface area contributed by atoms with E-state index in [9.17, 15) is 0 Å². The van der Waals surface area contributed by atoms with E-state index in [0.717, 1.165) is 6.54 Å². The maximum Gasteiger partial charge on any atom is 0.0459 e. The quantitative estimate of drug-likeness (QED) is 0.725. The standard InChI is InChI=1S/C24H26N2/c1-18-22(20-13-7-3-8-14-20)24(23(25)21-15-9-4-10-16-21)26(18)17-19-11-5-2-6-12-19/h2-16,18,22-24H,17,25H2,1H3/t18-,22-,23-,24-/m0/s1. The van der Waals surface area contributed by atoms with E-state index in [0.29, 0.717) is 18.0 Å². The molecule has 1 aliphatic heterocycles. The van der Waals surface area contributed by atoms with E-state index >= 15 is 0 Å². The topological polar surface area (TPSA) is 29.3 Å². The van der Waals surface area contributed by atoms with Crippen molar-refractivity contribution in [3.8, 4) is 0 Å². The van der Waals surface area contributed by atoms with Crippen LogP contribution >= 0.6 is 0 Å². The lowest BCUT2D eigenvalue weighted by molar-refractivity contribution is -0.0271. The van der Waals surface area contributed by atoms with Crippen LogP contribution in [0.1, 0.15) is 35.6 Å². The van der Waals surface area contributed by atoms with Crippen LogP contribution in [0.4, 0.5) is 0 Å². The third kappa shape index (κ3) is 3.18. The van der Waals surface area contributed by atoms with Crippen LogP contribution < -0.4 is 5.73 Å². The maximum absolute atomic E-state index is 6.79. The SMILES string of the molecule is C[C@H]1[C@@H](c2ccccc2)[C@@H]([C@@H](N)c2ccccc2)N1Cc1ccccc1. The Kier molecular flexibility index (Phi) is 4.87. The molecule has 0 aromatic heterocycles. The van der Waals surface area contributed by atoms with Crippen LogP contribution in [-0.2, 0) is 6.54 Å². The molecule has 1 heterocycles. The first-order chi connectivity index (χ1) is 12.8. The second-order valence-electron chi connectivity index (χ2n) is 7.26. The Bertz CT molecular complexity index is 817. The van der Waals surface area contributed by atoms with Crippen LogP contribution in [0.3, 0.4) is 0 Å². The summed E-state index contributed by atoms with van der Waals surface area (Å²) < 4.78 is 0. The first kappa shape index (κ1) is 17.0. The second-order valence-corrected chi connectivity index (χ2v) is 7.26. The Labute approximate surface area is 156 Å². The van der Waals surface area contributed by atoms with Gasteiger partial charge in [-0.2, -0.15) is 0 Å². The number of nitrogens with zero attached hydrogens (tertiary/aromatic N) is 1. The number of hydrogen-bond acceptors (Lipinski definition) is 2. The zero-order valence-electron chi connectivity index (χ0n) is 15.2. The average Bonchev–Trinajstić information content (AvgIpc) is 2.71. The molecular formula is C24H26N2. The fourth-order valence-electron chi connectivity index (χ4n) is 4.36. The lowest BCUT2D eigenvalue weighted by atomic mass is 9.71. The lowest BCUT2D eigenvalue weighted by Crippen LogP contribution is -2.63.